The molecule has 16 heavy (non-hydrogen) atoms. The highest BCUT2D eigenvalue weighted by Crippen LogP contribution is 2.34. The summed E-state index contributed by atoms with van der Waals surface area (Å²) in [6.07, 6.45) is 0.631. The lowest BCUT2D eigenvalue weighted by molar-refractivity contribution is 0.505. The third-order valence-corrected chi connectivity index (χ3v) is 5.16. The number of aromatic amines is 1. The van der Waals surface area contributed by atoms with Crippen LogP contribution in [-0.4, -0.2) is 29.9 Å². The summed E-state index contributed by atoms with van der Waals surface area (Å²) in [5, 5.41) is 0. The standard InChI is InChI=1S/C10H17N3O2S/c1-7-8(5-11)13-9(12-7)10(2)3-4-16(14,15)6-10/h3-6,11H2,1-2H3,(H,12,13). The van der Waals surface area contributed by atoms with E-state index in [1.165, 1.54) is 0 Å². The van der Waals surface area contributed by atoms with Crippen molar-refractivity contribution in [2.24, 2.45) is 5.73 Å². The van der Waals surface area contributed by atoms with Gasteiger partial charge in [-0.15, -0.1) is 0 Å². The fourth-order valence-corrected chi connectivity index (χ4v) is 4.34. The maximum Gasteiger partial charge on any atom is 0.151 e. The minimum atomic E-state index is -2.90. The van der Waals surface area contributed by atoms with Crippen LogP contribution in [0.1, 0.15) is 30.6 Å². The van der Waals surface area contributed by atoms with Crippen LogP contribution in [-0.2, 0) is 21.8 Å². The van der Waals surface area contributed by atoms with E-state index >= 15 is 0 Å². The molecule has 1 aromatic rings. The van der Waals surface area contributed by atoms with E-state index in [1.54, 1.807) is 0 Å². The fourth-order valence-electron chi connectivity index (χ4n) is 2.18. The molecule has 3 N–H and O–H groups in total. The number of sulfone groups is 1. The van der Waals surface area contributed by atoms with Crippen LogP contribution in [0.4, 0.5) is 0 Å². The molecule has 0 aliphatic carbocycles. The minimum Gasteiger partial charge on any atom is -0.345 e. The zero-order valence-electron chi connectivity index (χ0n) is 9.58. The van der Waals surface area contributed by atoms with Gasteiger partial charge in [0, 0.05) is 17.7 Å². The van der Waals surface area contributed by atoms with Gasteiger partial charge in [-0.25, -0.2) is 13.4 Å². The second-order valence-electron chi connectivity index (χ2n) is 4.76. The predicted octanol–water partition coefficient (Wildman–Crippen LogP) is 0.253. The summed E-state index contributed by atoms with van der Waals surface area (Å²) >= 11 is 0. The van der Waals surface area contributed by atoms with Crippen LogP contribution in [0.5, 0.6) is 0 Å². The molecule has 0 aromatic carbocycles. The van der Waals surface area contributed by atoms with Crippen molar-refractivity contribution in [1.29, 1.82) is 0 Å². The Morgan fingerprint density at radius 3 is 2.69 bits per heavy atom. The zero-order valence-corrected chi connectivity index (χ0v) is 10.4. The molecule has 1 aliphatic rings. The second kappa shape index (κ2) is 3.56. The number of nitrogens with zero attached hydrogens (tertiary/aromatic N) is 1. The number of rotatable bonds is 2. The summed E-state index contributed by atoms with van der Waals surface area (Å²) < 4.78 is 23.0. The molecule has 1 unspecified atom stereocenters. The lowest BCUT2D eigenvalue weighted by atomic mass is 9.89. The monoisotopic (exact) mass is 243 g/mol. The summed E-state index contributed by atoms with van der Waals surface area (Å²) in [5.74, 6) is 1.18. The number of hydrogen-bond acceptors (Lipinski definition) is 4. The number of hydrogen-bond donors (Lipinski definition) is 2. The lowest BCUT2D eigenvalue weighted by Crippen LogP contribution is -2.25. The Hall–Kier alpha value is -0.880. The summed E-state index contributed by atoms with van der Waals surface area (Å²) in [6.45, 7) is 4.23. The van der Waals surface area contributed by atoms with Crippen LogP contribution in [0.25, 0.3) is 0 Å². The molecule has 1 atom stereocenters. The van der Waals surface area contributed by atoms with Crippen LogP contribution in [0.2, 0.25) is 0 Å². The van der Waals surface area contributed by atoms with Gasteiger partial charge in [0.25, 0.3) is 0 Å². The Morgan fingerprint density at radius 1 is 1.56 bits per heavy atom. The van der Waals surface area contributed by atoms with E-state index < -0.39 is 9.84 Å². The van der Waals surface area contributed by atoms with Gasteiger partial charge >= 0.3 is 0 Å². The summed E-state index contributed by atoms with van der Waals surface area (Å²) in [6, 6.07) is 0. The van der Waals surface area contributed by atoms with Gasteiger partial charge in [-0.2, -0.15) is 0 Å². The lowest BCUT2D eigenvalue weighted by Gasteiger charge is -2.18. The molecule has 0 saturated carbocycles. The molecule has 1 aromatic heterocycles. The number of imidazole rings is 1. The average molecular weight is 243 g/mol. The Labute approximate surface area is 95.4 Å². The summed E-state index contributed by atoms with van der Waals surface area (Å²) in [7, 11) is -2.90. The quantitative estimate of drug-likeness (QED) is 0.779. The topological polar surface area (TPSA) is 88.8 Å². The number of H-pyrrole nitrogens is 1. The van der Waals surface area contributed by atoms with Gasteiger partial charge in [0.15, 0.2) is 9.84 Å². The SMILES string of the molecule is Cc1[nH]c(C2(C)CCS(=O)(=O)C2)nc1CN. The molecule has 0 bridgehead atoms. The molecule has 5 nitrogen and oxygen atoms in total. The summed E-state index contributed by atoms with van der Waals surface area (Å²) in [5.41, 5.74) is 6.93. The van der Waals surface area contributed by atoms with E-state index in [1.807, 2.05) is 13.8 Å². The van der Waals surface area contributed by atoms with E-state index in [2.05, 4.69) is 9.97 Å². The third-order valence-electron chi connectivity index (χ3n) is 3.25. The first-order valence-electron chi connectivity index (χ1n) is 5.33. The highest BCUT2D eigenvalue weighted by atomic mass is 32.2. The molecule has 1 saturated heterocycles. The van der Waals surface area contributed by atoms with Gasteiger partial charge in [0.05, 0.1) is 17.2 Å². The van der Waals surface area contributed by atoms with Crippen LogP contribution in [0.3, 0.4) is 0 Å². The first-order chi connectivity index (χ1) is 7.36. The molecular weight excluding hydrogens is 226 g/mol. The van der Waals surface area contributed by atoms with Crippen LogP contribution in [0, 0.1) is 6.92 Å². The largest absolute Gasteiger partial charge is 0.345 e. The predicted molar refractivity (Wildman–Crippen MR) is 61.8 cm³/mol. The van der Waals surface area contributed by atoms with Crippen LogP contribution in [0.15, 0.2) is 0 Å². The van der Waals surface area contributed by atoms with E-state index in [0.717, 1.165) is 17.2 Å². The first-order valence-corrected chi connectivity index (χ1v) is 7.15. The number of nitrogens with one attached hydrogen (secondary N) is 1. The van der Waals surface area contributed by atoms with Gasteiger partial charge in [-0.1, -0.05) is 6.92 Å². The van der Waals surface area contributed by atoms with Crippen molar-refractivity contribution in [1.82, 2.24) is 9.97 Å². The van der Waals surface area contributed by atoms with Crippen molar-refractivity contribution in [2.45, 2.75) is 32.2 Å². The Morgan fingerprint density at radius 2 is 2.25 bits per heavy atom. The van der Waals surface area contributed by atoms with Gasteiger partial charge in [-0.05, 0) is 13.3 Å². The molecule has 2 rings (SSSR count). The molecule has 6 heteroatoms. The maximum atomic E-state index is 11.5. The van der Waals surface area contributed by atoms with Crippen molar-refractivity contribution in [3.05, 3.63) is 17.2 Å². The maximum absolute atomic E-state index is 11.5. The molecule has 1 aliphatic heterocycles. The van der Waals surface area contributed by atoms with Crippen molar-refractivity contribution < 1.29 is 8.42 Å². The van der Waals surface area contributed by atoms with Gasteiger partial charge < -0.3 is 10.7 Å². The molecular formula is C10H17N3O2S. The van der Waals surface area contributed by atoms with Gasteiger partial charge in [0.1, 0.15) is 5.82 Å². The second-order valence-corrected chi connectivity index (χ2v) is 6.95. The minimum absolute atomic E-state index is 0.178. The zero-order chi connectivity index (χ0) is 12.0. The number of aromatic nitrogens is 2. The van der Waals surface area contributed by atoms with Crippen molar-refractivity contribution in [2.75, 3.05) is 11.5 Å². The molecule has 0 radical (unpaired) electrons. The van der Waals surface area contributed by atoms with Crippen molar-refractivity contribution in [3.63, 3.8) is 0 Å². The number of nitrogens with two attached hydrogens (primary N) is 1. The Balaban J connectivity index is 2.37. The normalized spacial score (nSPS) is 28.4. The molecule has 0 spiro atoms. The fraction of sp³-hybridized carbons (Fsp3) is 0.700. The first kappa shape index (κ1) is 11.6. The molecule has 1 fully saturated rings. The molecule has 2 heterocycles. The van der Waals surface area contributed by atoms with E-state index in [-0.39, 0.29) is 16.9 Å². The van der Waals surface area contributed by atoms with Crippen molar-refractivity contribution in [3.8, 4) is 0 Å². The summed E-state index contributed by atoms with van der Waals surface area (Å²) in [4.78, 5) is 7.56. The molecule has 0 amide bonds. The Kier molecular flexibility index (Phi) is 2.58. The van der Waals surface area contributed by atoms with Crippen LogP contribution >= 0.6 is 0 Å². The van der Waals surface area contributed by atoms with Crippen molar-refractivity contribution >= 4 is 9.84 Å². The van der Waals surface area contributed by atoms with Crippen LogP contribution < -0.4 is 5.73 Å². The highest BCUT2D eigenvalue weighted by molar-refractivity contribution is 7.91. The third kappa shape index (κ3) is 1.87. The Bertz CT molecular complexity index is 506. The van der Waals surface area contributed by atoms with Gasteiger partial charge in [0.2, 0.25) is 0 Å². The molecule has 90 valence electrons. The van der Waals surface area contributed by atoms with E-state index in [0.29, 0.717) is 13.0 Å². The average Bonchev–Trinajstić information content (AvgIpc) is 2.68. The van der Waals surface area contributed by atoms with Gasteiger partial charge in [-0.3, -0.25) is 0 Å². The van der Waals surface area contributed by atoms with E-state index in [4.69, 9.17) is 5.73 Å². The highest BCUT2D eigenvalue weighted by Gasteiger charge is 2.42. The smallest absolute Gasteiger partial charge is 0.151 e. The van der Waals surface area contributed by atoms with E-state index in [9.17, 15) is 8.42 Å². The number of aryl methyl sites for hydroxylation is 1.